The van der Waals surface area contributed by atoms with E-state index in [4.69, 9.17) is 9.15 Å². The Hall–Kier alpha value is -2.25. The Labute approximate surface area is 150 Å². The van der Waals surface area contributed by atoms with Gasteiger partial charge in [0.1, 0.15) is 5.76 Å². The number of nitrogens with zero attached hydrogens (tertiary/aromatic N) is 2. The third kappa shape index (κ3) is 4.24. The summed E-state index contributed by atoms with van der Waals surface area (Å²) in [5, 5.41) is 3.75. The number of benzene rings is 1. The molecule has 1 amide bonds. The van der Waals surface area contributed by atoms with Crippen molar-refractivity contribution in [3.8, 4) is 0 Å². The summed E-state index contributed by atoms with van der Waals surface area (Å²) in [7, 11) is 1.68. The van der Waals surface area contributed by atoms with Crippen LogP contribution >= 0.6 is 11.8 Å². The van der Waals surface area contributed by atoms with Crippen molar-refractivity contribution in [2.24, 2.45) is 0 Å². The second kappa shape index (κ2) is 8.22. The fourth-order valence-electron chi connectivity index (χ4n) is 2.58. The maximum atomic E-state index is 12.2. The molecule has 6 nitrogen and oxygen atoms in total. The van der Waals surface area contributed by atoms with Crippen LogP contribution in [0.25, 0.3) is 11.0 Å². The quantitative estimate of drug-likeness (QED) is 0.625. The van der Waals surface area contributed by atoms with Crippen molar-refractivity contribution in [2.75, 3.05) is 19.5 Å². The van der Waals surface area contributed by atoms with Gasteiger partial charge in [0.15, 0.2) is 5.16 Å². The van der Waals surface area contributed by atoms with Crippen LogP contribution in [0.3, 0.4) is 0 Å². The lowest BCUT2D eigenvalue weighted by atomic mass is 10.2. The first-order valence-electron chi connectivity index (χ1n) is 8.09. The van der Waals surface area contributed by atoms with Gasteiger partial charge in [-0.05, 0) is 31.2 Å². The molecule has 3 rings (SSSR count). The van der Waals surface area contributed by atoms with Gasteiger partial charge in [-0.25, -0.2) is 4.98 Å². The summed E-state index contributed by atoms with van der Waals surface area (Å²) < 4.78 is 12.6. The molecule has 0 fully saturated rings. The van der Waals surface area contributed by atoms with Crippen molar-refractivity contribution in [2.45, 2.75) is 24.7 Å². The normalized spacial score (nSPS) is 12.4. The van der Waals surface area contributed by atoms with Crippen LogP contribution in [0.5, 0.6) is 0 Å². The van der Waals surface area contributed by atoms with Gasteiger partial charge >= 0.3 is 0 Å². The number of hydrogen-bond donors (Lipinski definition) is 1. The molecule has 3 aromatic rings. The van der Waals surface area contributed by atoms with E-state index in [2.05, 4.69) is 14.9 Å². The van der Waals surface area contributed by atoms with Crippen molar-refractivity contribution in [3.63, 3.8) is 0 Å². The van der Waals surface area contributed by atoms with Crippen molar-refractivity contribution >= 4 is 28.7 Å². The van der Waals surface area contributed by atoms with Crippen LogP contribution in [0.1, 0.15) is 18.7 Å². The van der Waals surface area contributed by atoms with Gasteiger partial charge in [-0.1, -0.05) is 23.9 Å². The number of furan rings is 1. The number of nitrogens with one attached hydrogen (secondary N) is 1. The molecular weight excluding hydrogens is 338 g/mol. The Morgan fingerprint density at radius 3 is 2.96 bits per heavy atom. The molecule has 2 heterocycles. The summed E-state index contributed by atoms with van der Waals surface area (Å²) in [4.78, 5) is 16.9. The predicted octanol–water partition coefficient (Wildman–Crippen LogP) is 3.25. The molecule has 0 aliphatic rings. The van der Waals surface area contributed by atoms with Gasteiger partial charge in [-0.3, -0.25) is 4.79 Å². The monoisotopic (exact) mass is 359 g/mol. The molecule has 7 heteroatoms. The molecule has 0 radical (unpaired) electrons. The molecule has 25 heavy (non-hydrogen) atoms. The number of aromatic nitrogens is 2. The van der Waals surface area contributed by atoms with E-state index >= 15 is 0 Å². The molecule has 0 bridgehead atoms. The average molecular weight is 359 g/mol. The van der Waals surface area contributed by atoms with Gasteiger partial charge < -0.3 is 19.0 Å². The van der Waals surface area contributed by atoms with Crippen molar-refractivity contribution < 1.29 is 13.9 Å². The number of methoxy groups -OCH3 is 1. The maximum Gasteiger partial charge on any atom is 0.231 e. The van der Waals surface area contributed by atoms with Crippen LogP contribution in [0.15, 0.2) is 52.2 Å². The molecule has 132 valence electrons. The lowest BCUT2D eigenvalue weighted by Crippen LogP contribution is -2.28. The zero-order valence-electron chi connectivity index (χ0n) is 14.3. The third-order valence-electron chi connectivity index (χ3n) is 3.82. The zero-order chi connectivity index (χ0) is 17.6. The number of amides is 1. The van der Waals surface area contributed by atoms with Gasteiger partial charge in [-0.15, -0.1) is 0 Å². The lowest BCUT2D eigenvalue weighted by Gasteiger charge is -2.12. The second-order valence-electron chi connectivity index (χ2n) is 5.62. The van der Waals surface area contributed by atoms with E-state index in [0.717, 1.165) is 22.0 Å². The first-order valence-corrected chi connectivity index (χ1v) is 9.07. The molecule has 0 aliphatic carbocycles. The Bertz CT molecular complexity index is 829. The predicted molar refractivity (Wildman–Crippen MR) is 97.6 cm³/mol. The van der Waals surface area contributed by atoms with E-state index in [9.17, 15) is 4.79 Å². The zero-order valence-corrected chi connectivity index (χ0v) is 15.1. The molecule has 0 saturated carbocycles. The fourth-order valence-corrected chi connectivity index (χ4v) is 3.44. The summed E-state index contributed by atoms with van der Waals surface area (Å²) in [6, 6.07) is 11.5. The van der Waals surface area contributed by atoms with E-state index in [1.165, 1.54) is 11.8 Å². The largest absolute Gasteiger partial charge is 0.467 e. The number of carbonyl (C=O) groups is 1. The van der Waals surface area contributed by atoms with Crippen molar-refractivity contribution in [1.29, 1.82) is 0 Å². The standard InChI is InChI=1S/C18H21N3O3S/c1-13(16-8-5-10-24-16)19-17(22)12-25-18-20-14-6-3-4-7-15(14)21(18)9-11-23-2/h3-8,10,13H,9,11-12H2,1-2H3,(H,19,22). The number of imidazole rings is 1. The van der Waals surface area contributed by atoms with Gasteiger partial charge in [0.2, 0.25) is 5.91 Å². The van der Waals surface area contributed by atoms with Crippen LogP contribution in [0.2, 0.25) is 0 Å². The van der Waals surface area contributed by atoms with Crippen LogP contribution in [-0.4, -0.2) is 34.9 Å². The smallest absolute Gasteiger partial charge is 0.231 e. The Morgan fingerprint density at radius 1 is 1.36 bits per heavy atom. The Kier molecular flexibility index (Phi) is 5.78. The van der Waals surface area contributed by atoms with Gasteiger partial charge in [0.05, 0.1) is 35.7 Å². The maximum absolute atomic E-state index is 12.2. The first-order chi connectivity index (χ1) is 12.2. The number of thioether (sulfide) groups is 1. The number of ether oxygens (including phenoxy) is 1. The summed E-state index contributed by atoms with van der Waals surface area (Å²) in [5.41, 5.74) is 1.97. The molecule has 0 spiro atoms. The minimum Gasteiger partial charge on any atom is -0.467 e. The minimum absolute atomic E-state index is 0.0563. The molecule has 0 saturated heterocycles. The number of para-hydroxylation sites is 2. The Morgan fingerprint density at radius 2 is 2.20 bits per heavy atom. The number of hydrogen-bond acceptors (Lipinski definition) is 5. The molecule has 2 aromatic heterocycles. The topological polar surface area (TPSA) is 69.3 Å². The van der Waals surface area contributed by atoms with Crippen molar-refractivity contribution in [3.05, 3.63) is 48.4 Å². The molecule has 1 aromatic carbocycles. The fraction of sp³-hybridized carbons (Fsp3) is 0.333. The van der Waals surface area contributed by atoms with Gasteiger partial charge in [0, 0.05) is 13.7 Å². The summed E-state index contributed by atoms with van der Waals surface area (Å²) in [5.74, 6) is 0.978. The third-order valence-corrected chi connectivity index (χ3v) is 4.79. The summed E-state index contributed by atoms with van der Waals surface area (Å²) >= 11 is 1.42. The SMILES string of the molecule is COCCn1c(SCC(=O)NC(C)c2ccco2)nc2ccccc21. The molecular formula is C18H21N3O3S. The van der Waals surface area contributed by atoms with Crippen LogP contribution in [-0.2, 0) is 16.1 Å². The van der Waals surface area contributed by atoms with Crippen molar-refractivity contribution in [1.82, 2.24) is 14.9 Å². The van der Waals surface area contributed by atoms with E-state index in [1.54, 1.807) is 13.4 Å². The van der Waals surface area contributed by atoms with Crippen LogP contribution < -0.4 is 5.32 Å². The summed E-state index contributed by atoms with van der Waals surface area (Å²) in [6.45, 7) is 3.19. The van der Waals surface area contributed by atoms with Crippen LogP contribution in [0.4, 0.5) is 0 Å². The van der Waals surface area contributed by atoms with E-state index in [0.29, 0.717) is 18.9 Å². The number of fused-ring (bicyclic) bond motifs is 1. The van der Waals surface area contributed by atoms with E-state index in [1.807, 2.05) is 43.3 Å². The molecule has 1 atom stereocenters. The highest BCUT2D eigenvalue weighted by molar-refractivity contribution is 7.99. The number of rotatable bonds is 8. The van der Waals surface area contributed by atoms with Gasteiger partial charge in [-0.2, -0.15) is 0 Å². The Balaban J connectivity index is 1.66. The minimum atomic E-state index is -0.157. The first kappa shape index (κ1) is 17.6. The lowest BCUT2D eigenvalue weighted by molar-refractivity contribution is -0.119. The van der Waals surface area contributed by atoms with E-state index < -0.39 is 0 Å². The van der Waals surface area contributed by atoms with Gasteiger partial charge in [0.25, 0.3) is 0 Å². The van der Waals surface area contributed by atoms with Crippen LogP contribution in [0, 0.1) is 0 Å². The average Bonchev–Trinajstić information content (AvgIpc) is 3.26. The molecule has 1 N–H and O–H groups in total. The molecule has 0 aliphatic heterocycles. The highest BCUT2D eigenvalue weighted by atomic mass is 32.2. The summed E-state index contributed by atoms with van der Waals surface area (Å²) in [6.07, 6.45) is 1.60. The highest BCUT2D eigenvalue weighted by Gasteiger charge is 2.15. The number of carbonyl (C=O) groups excluding carboxylic acids is 1. The molecule has 1 unspecified atom stereocenters. The van der Waals surface area contributed by atoms with E-state index in [-0.39, 0.29) is 11.9 Å². The highest BCUT2D eigenvalue weighted by Crippen LogP contribution is 2.24. The second-order valence-corrected chi connectivity index (χ2v) is 6.56.